The van der Waals surface area contributed by atoms with E-state index in [1.807, 2.05) is 36.4 Å². The lowest BCUT2D eigenvalue weighted by molar-refractivity contribution is 0.466. The molecule has 4 aliphatic rings. The van der Waals surface area contributed by atoms with Gasteiger partial charge in [0.15, 0.2) is 28.7 Å². The molecule has 0 unspecified atom stereocenters. The monoisotopic (exact) mass is 1610 g/mol. The second-order valence-electron chi connectivity index (χ2n) is 33.3. The van der Waals surface area contributed by atoms with Gasteiger partial charge in [0.2, 0.25) is 5.95 Å². The van der Waals surface area contributed by atoms with E-state index in [1.165, 1.54) is 27.2 Å². The zero-order valence-corrected chi connectivity index (χ0v) is 67.6. The Hall–Kier alpha value is -16.4. The summed E-state index contributed by atoms with van der Waals surface area (Å²) in [7, 11) is 0. The van der Waals surface area contributed by atoms with Gasteiger partial charge in [-0.3, -0.25) is 4.57 Å². The number of ether oxygens (including phenoxy) is 4. The maximum atomic E-state index is 7.86. The minimum atomic E-state index is -0.441. The second-order valence-corrected chi connectivity index (χ2v) is 33.3. The molecule has 0 bridgehead atoms. The molecule has 0 saturated heterocycles. The van der Waals surface area contributed by atoms with Crippen LogP contribution in [0.2, 0.25) is 0 Å². The van der Waals surface area contributed by atoms with Crippen LogP contribution in [0.4, 0.5) is 0 Å². The van der Waals surface area contributed by atoms with Crippen LogP contribution in [0.1, 0.15) is 0 Å². The highest BCUT2D eigenvalue weighted by Gasteiger charge is 2.48. The maximum absolute atomic E-state index is 7.86. The summed E-state index contributed by atoms with van der Waals surface area (Å²) in [6.07, 6.45) is 0. The molecule has 0 N–H and O–H groups in total. The molecule has 9 heterocycles. The van der Waals surface area contributed by atoms with E-state index in [0.717, 1.165) is 188 Å². The van der Waals surface area contributed by atoms with Gasteiger partial charge in [-0.05, 0) is 117 Å². The summed E-state index contributed by atoms with van der Waals surface area (Å²) < 4.78 is 45.6. The Bertz CT molecular complexity index is 8420. The lowest BCUT2D eigenvalue weighted by atomic mass is 9.31. The molecule has 0 aliphatic carbocycles. The Kier molecular flexibility index (Phi) is 15.4. The predicted octanol–water partition coefficient (Wildman–Crippen LogP) is 18.6. The van der Waals surface area contributed by atoms with Crippen molar-refractivity contribution in [1.82, 2.24) is 28.7 Å². The standard InChI is InChI=1S/C111H66B4N6O5/c1-5-31-68(32-6-1)109-116-110(69-33-7-2-8-34-69)118-111(117-109)121-90-54-24-16-44-80(90)96-98-105(122-92-55-25-17-47-83(92)112(98)70-35-9-3-10-36-70)100-107(102(96)121)124-94-57-27-19-49-85(94)114(100)72-61-59-67(60-62-72)76-45-30-46-81-97-99-106(123-93-56-26-18-48-84(93)113(99)71-37-11-4-12-38-71)101-108(104(97)126-103(76)81)125-95-58-28-20-50-86(95)115(101)73-39-29-40-74(65-73)119-89-53-23-15-43-79(89)82-66-75(63-64-91(82)119)120-87-51-21-13-41-77(87)78-42-14-22-52-88(78)120/h1-66H. The van der Waals surface area contributed by atoms with Gasteiger partial charge in [0, 0.05) is 82.1 Å². The smallest absolute Gasteiger partial charge is 0.256 e. The van der Waals surface area contributed by atoms with Crippen LogP contribution in [0.3, 0.4) is 0 Å². The highest BCUT2D eigenvalue weighted by atomic mass is 16.5. The Morgan fingerprint density at radius 3 is 1.17 bits per heavy atom. The van der Waals surface area contributed by atoms with Crippen molar-refractivity contribution in [3.8, 4) is 97.2 Å². The highest BCUT2D eigenvalue weighted by Crippen LogP contribution is 2.48. The number of rotatable bonds is 10. The van der Waals surface area contributed by atoms with Crippen molar-refractivity contribution in [3.05, 3.63) is 400 Å². The minimum Gasteiger partial charge on any atom is -0.459 e. The molecule has 4 aliphatic heterocycles. The molecule has 11 nitrogen and oxygen atoms in total. The number of para-hydroxylation sites is 9. The van der Waals surface area contributed by atoms with Gasteiger partial charge >= 0.3 is 0 Å². The van der Waals surface area contributed by atoms with E-state index < -0.39 is 13.4 Å². The van der Waals surface area contributed by atoms with Gasteiger partial charge in [-0.2, -0.15) is 9.97 Å². The number of benzene rings is 18. The first-order valence-corrected chi connectivity index (χ1v) is 43.0. The zero-order valence-electron chi connectivity index (χ0n) is 67.6. The SMILES string of the molecule is c1ccc(B2c3ccccc3Oc3c4c(c5oc6c(-c7ccc(B8c9ccccc9Oc9c8c8c(c%10c%11ccccc%11n(-c%11nc(-c%12ccccc%12)nc(-c%12ccccc%12)n%11)c9%10)B(c9ccccc9)c9ccccc9O8)cc7)cccc6c5c32)Oc2ccccc2B4c2cccc(-n3c4ccccc4c4cc(-n5c6ccccc6c6ccccc65)ccc43)c2)cc1. The summed E-state index contributed by atoms with van der Waals surface area (Å²) >= 11 is 0. The van der Waals surface area contributed by atoms with Gasteiger partial charge < -0.3 is 32.5 Å². The summed E-state index contributed by atoms with van der Waals surface area (Å²) in [5.41, 5.74) is 25.7. The summed E-state index contributed by atoms with van der Waals surface area (Å²) in [4.78, 5) is 16.2. The normalized spacial score (nSPS) is 13.0. The Balaban J connectivity index is 0.661. The third-order valence-corrected chi connectivity index (χ3v) is 26.6. The molecule has 23 aromatic rings. The van der Waals surface area contributed by atoms with Gasteiger partial charge in [-0.15, -0.1) is 0 Å². The lowest BCUT2D eigenvalue weighted by Crippen LogP contribution is -2.60. The molecule has 0 saturated carbocycles. The van der Waals surface area contributed by atoms with E-state index in [2.05, 4.69) is 378 Å². The van der Waals surface area contributed by atoms with Crippen LogP contribution in [-0.2, 0) is 0 Å². The molecular formula is C111H66B4N6O5. The van der Waals surface area contributed by atoms with Crippen molar-refractivity contribution in [3.63, 3.8) is 0 Å². The fraction of sp³-hybridized carbons (Fsp3) is 0. The number of fused-ring (bicyclic) bond motifs is 26. The molecule has 0 spiro atoms. The van der Waals surface area contributed by atoms with Crippen LogP contribution in [0, 0.1) is 0 Å². The van der Waals surface area contributed by atoms with Crippen molar-refractivity contribution in [2.24, 2.45) is 0 Å². The van der Waals surface area contributed by atoms with Crippen molar-refractivity contribution in [1.29, 1.82) is 0 Å². The Morgan fingerprint density at radius 1 is 0.230 bits per heavy atom. The van der Waals surface area contributed by atoms with Crippen LogP contribution in [-0.4, -0.2) is 55.5 Å². The van der Waals surface area contributed by atoms with Crippen LogP contribution < -0.4 is 84.5 Å². The van der Waals surface area contributed by atoms with E-state index in [-0.39, 0.29) is 13.4 Å². The number of nitrogens with zero attached hydrogens (tertiary/aromatic N) is 6. The largest absolute Gasteiger partial charge is 0.459 e. The summed E-state index contributed by atoms with van der Waals surface area (Å²) in [5, 5.41) is 8.65. The minimum absolute atomic E-state index is 0.286. The fourth-order valence-corrected chi connectivity index (χ4v) is 21.3. The molecule has 0 amide bonds. The number of aromatic nitrogens is 6. The summed E-state index contributed by atoms with van der Waals surface area (Å²) in [6.45, 7) is -1.42. The van der Waals surface area contributed by atoms with E-state index >= 15 is 0 Å². The first-order valence-electron chi connectivity index (χ1n) is 43.0. The highest BCUT2D eigenvalue weighted by molar-refractivity contribution is 7.03. The van der Waals surface area contributed by atoms with Crippen molar-refractivity contribution < 1.29 is 23.4 Å². The summed E-state index contributed by atoms with van der Waals surface area (Å²) in [6, 6.07) is 143. The van der Waals surface area contributed by atoms with Crippen molar-refractivity contribution in [2.45, 2.75) is 0 Å². The number of furan rings is 1. The van der Waals surface area contributed by atoms with E-state index in [9.17, 15) is 0 Å². The van der Waals surface area contributed by atoms with Gasteiger partial charge in [0.25, 0.3) is 26.9 Å². The molecule has 0 fully saturated rings. The molecule has 5 aromatic heterocycles. The molecule has 0 atom stereocenters. The van der Waals surface area contributed by atoms with E-state index in [1.54, 1.807) is 0 Å². The number of hydrogen-bond acceptors (Lipinski definition) is 8. The molecule has 582 valence electrons. The molecule has 18 aromatic carbocycles. The first-order chi connectivity index (χ1) is 62.5. The molecule has 0 radical (unpaired) electrons. The molecule has 126 heavy (non-hydrogen) atoms. The zero-order chi connectivity index (χ0) is 82.3. The second kappa shape index (κ2) is 27.6. The van der Waals surface area contributed by atoms with Crippen LogP contribution in [0.15, 0.2) is 405 Å². The fourth-order valence-electron chi connectivity index (χ4n) is 21.3. The third-order valence-electron chi connectivity index (χ3n) is 26.6. The third kappa shape index (κ3) is 10.4. The van der Waals surface area contributed by atoms with Gasteiger partial charge in [0.05, 0.1) is 33.1 Å². The maximum Gasteiger partial charge on any atom is 0.256 e. The predicted molar refractivity (Wildman–Crippen MR) is 517 cm³/mol. The average molecular weight is 1610 g/mol. The first kappa shape index (κ1) is 70.3. The van der Waals surface area contributed by atoms with Gasteiger partial charge in [-0.1, -0.05) is 343 Å². The topological polar surface area (TPSA) is 104 Å². The molecule has 15 heteroatoms. The summed E-state index contributed by atoms with van der Waals surface area (Å²) in [5.74, 6) is 7.34. The van der Waals surface area contributed by atoms with Crippen molar-refractivity contribution in [2.75, 3.05) is 0 Å². The van der Waals surface area contributed by atoms with Gasteiger partial charge in [0.1, 0.15) is 40.1 Å². The van der Waals surface area contributed by atoms with Crippen molar-refractivity contribution >= 4 is 180 Å². The van der Waals surface area contributed by atoms with Gasteiger partial charge in [-0.25, -0.2) is 4.98 Å². The molecular weight excluding hydrogens is 1540 g/mol. The van der Waals surface area contributed by atoms with E-state index in [4.69, 9.17) is 38.3 Å². The molecule has 27 rings (SSSR count). The Morgan fingerprint density at radius 2 is 0.619 bits per heavy atom. The lowest BCUT2D eigenvalue weighted by Gasteiger charge is -2.35. The van der Waals surface area contributed by atoms with E-state index in [0.29, 0.717) is 34.7 Å². The van der Waals surface area contributed by atoms with Crippen LogP contribution >= 0.6 is 0 Å². The average Bonchev–Trinajstić information content (AvgIpc) is 1.36. The van der Waals surface area contributed by atoms with Crippen LogP contribution in [0.25, 0.3) is 139 Å². The Labute approximate surface area is 724 Å². The quantitative estimate of drug-likeness (QED) is 0.125. The number of hydrogen-bond donors (Lipinski definition) is 0. The van der Waals surface area contributed by atoms with Crippen LogP contribution in [0.5, 0.6) is 46.0 Å².